The van der Waals surface area contributed by atoms with Gasteiger partial charge in [-0.15, -0.1) is 0 Å². The van der Waals surface area contributed by atoms with Gasteiger partial charge in [0.15, 0.2) is 0 Å². The van der Waals surface area contributed by atoms with Crippen molar-refractivity contribution < 1.29 is 13.2 Å². The van der Waals surface area contributed by atoms with Crippen LogP contribution in [0.3, 0.4) is 0 Å². The molecule has 0 bridgehead atoms. The summed E-state index contributed by atoms with van der Waals surface area (Å²) in [7, 11) is 2.58. The standard InChI is InChI=1S/C16H24N2O3S/c1-17(2)16-11-18(22(19,20)14-7-8-14)10-15(16)12-5-4-6-13(9-12)21-3/h4-6,9,14-16H,7-8,10-11H2,1-3H3/t15-,16+/m0/s1. The zero-order chi connectivity index (χ0) is 15.9. The Bertz CT molecular complexity index is 641. The van der Waals surface area contributed by atoms with Gasteiger partial charge in [0, 0.05) is 25.0 Å². The van der Waals surface area contributed by atoms with Crippen LogP contribution >= 0.6 is 0 Å². The minimum Gasteiger partial charge on any atom is -0.497 e. The van der Waals surface area contributed by atoms with Crippen molar-refractivity contribution in [2.75, 3.05) is 34.3 Å². The van der Waals surface area contributed by atoms with Gasteiger partial charge in [-0.2, -0.15) is 4.31 Å². The molecule has 1 aromatic carbocycles. The van der Waals surface area contributed by atoms with E-state index < -0.39 is 10.0 Å². The molecule has 2 fully saturated rings. The van der Waals surface area contributed by atoms with Gasteiger partial charge in [0.25, 0.3) is 0 Å². The number of rotatable bonds is 5. The van der Waals surface area contributed by atoms with E-state index in [1.54, 1.807) is 11.4 Å². The first-order valence-corrected chi connectivity index (χ1v) is 9.23. The third-order valence-corrected chi connectivity index (χ3v) is 7.08. The summed E-state index contributed by atoms with van der Waals surface area (Å²) in [5.74, 6) is 0.997. The number of benzene rings is 1. The van der Waals surface area contributed by atoms with E-state index >= 15 is 0 Å². The fourth-order valence-corrected chi connectivity index (χ4v) is 5.14. The quantitative estimate of drug-likeness (QED) is 0.824. The maximum atomic E-state index is 12.5. The Hall–Kier alpha value is -1.11. The van der Waals surface area contributed by atoms with Gasteiger partial charge in [-0.1, -0.05) is 12.1 Å². The van der Waals surface area contributed by atoms with Crippen LogP contribution in [0, 0.1) is 0 Å². The molecule has 1 saturated carbocycles. The van der Waals surface area contributed by atoms with Gasteiger partial charge in [-0.25, -0.2) is 8.42 Å². The largest absolute Gasteiger partial charge is 0.497 e. The van der Waals surface area contributed by atoms with E-state index in [1.807, 2.05) is 32.3 Å². The zero-order valence-corrected chi connectivity index (χ0v) is 14.2. The van der Waals surface area contributed by atoms with Crippen molar-refractivity contribution in [2.24, 2.45) is 0 Å². The second-order valence-electron chi connectivity index (χ2n) is 6.48. The molecule has 0 aromatic heterocycles. The normalized spacial score (nSPS) is 26.5. The first kappa shape index (κ1) is 15.8. The Labute approximate surface area is 132 Å². The molecule has 122 valence electrons. The zero-order valence-electron chi connectivity index (χ0n) is 13.4. The van der Waals surface area contributed by atoms with Gasteiger partial charge < -0.3 is 9.64 Å². The van der Waals surface area contributed by atoms with Crippen molar-refractivity contribution >= 4 is 10.0 Å². The summed E-state index contributed by atoms with van der Waals surface area (Å²) in [5.41, 5.74) is 1.14. The second-order valence-corrected chi connectivity index (χ2v) is 8.69. The van der Waals surface area contributed by atoms with Crippen LogP contribution in [-0.2, 0) is 10.0 Å². The highest BCUT2D eigenvalue weighted by Gasteiger charge is 2.46. The molecule has 22 heavy (non-hydrogen) atoms. The van der Waals surface area contributed by atoms with E-state index in [4.69, 9.17) is 4.74 Å². The van der Waals surface area contributed by atoms with Crippen molar-refractivity contribution in [1.29, 1.82) is 0 Å². The third kappa shape index (κ3) is 2.87. The third-order valence-electron chi connectivity index (χ3n) is 4.75. The van der Waals surface area contributed by atoms with Crippen molar-refractivity contribution in [3.63, 3.8) is 0 Å². The minimum atomic E-state index is -3.11. The molecular weight excluding hydrogens is 300 g/mol. The smallest absolute Gasteiger partial charge is 0.217 e. The van der Waals surface area contributed by atoms with E-state index in [2.05, 4.69) is 11.0 Å². The minimum absolute atomic E-state index is 0.139. The SMILES string of the molecule is COc1cccc([C@@H]2CN(S(=O)(=O)C3CC3)C[C@H]2N(C)C)c1. The molecule has 0 amide bonds. The van der Waals surface area contributed by atoms with Gasteiger partial charge in [0.1, 0.15) is 5.75 Å². The van der Waals surface area contributed by atoms with Crippen LogP contribution in [0.25, 0.3) is 0 Å². The molecule has 1 saturated heterocycles. The number of hydrogen-bond donors (Lipinski definition) is 0. The molecule has 6 heteroatoms. The molecule has 1 aliphatic heterocycles. The van der Waals surface area contributed by atoms with Crippen LogP contribution < -0.4 is 4.74 Å². The molecule has 0 spiro atoms. The lowest BCUT2D eigenvalue weighted by Gasteiger charge is -2.25. The van der Waals surface area contributed by atoms with Crippen molar-refractivity contribution in [3.05, 3.63) is 29.8 Å². The average molecular weight is 324 g/mol. The molecule has 1 aromatic rings. The summed E-state index contributed by atoms with van der Waals surface area (Å²) in [4.78, 5) is 2.13. The predicted molar refractivity (Wildman–Crippen MR) is 86.7 cm³/mol. The van der Waals surface area contributed by atoms with Gasteiger partial charge >= 0.3 is 0 Å². The van der Waals surface area contributed by atoms with Crippen LogP contribution in [-0.4, -0.2) is 63.2 Å². The Balaban J connectivity index is 1.88. The molecule has 3 rings (SSSR count). The maximum Gasteiger partial charge on any atom is 0.217 e. The lowest BCUT2D eigenvalue weighted by molar-refractivity contribution is 0.284. The van der Waals surface area contributed by atoms with E-state index in [0.29, 0.717) is 13.1 Å². The number of sulfonamides is 1. The molecule has 1 aliphatic carbocycles. The first-order valence-electron chi connectivity index (χ1n) is 7.73. The van der Waals surface area contributed by atoms with Crippen LogP contribution in [0.5, 0.6) is 5.75 Å². The van der Waals surface area contributed by atoms with Crippen LogP contribution in [0.2, 0.25) is 0 Å². The number of methoxy groups -OCH3 is 1. The highest BCUT2D eigenvalue weighted by atomic mass is 32.2. The molecular formula is C16H24N2O3S. The summed E-state index contributed by atoms with van der Waals surface area (Å²) < 4.78 is 32.1. The van der Waals surface area contributed by atoms with Gasteiger partial charge in [0.05, 0.1) is 12.4 Å². The number of nitrogens with zero attached hydrogens (tertiary/aromatic N) is 2. The molecule has 5 nitrogen and oxygen atoms in total. The fourth-order valence-electron chi connectivity index (χ4n) is 3.26. The Morgan fingerprint density at radius 1 is 1.23 bits per heavy atom. The predicted octanol–water partition coefficient (Wildman–Crippen LogP) is 1.52. The van der Waals surface area contributed by atoms with Crippen molar-refractivity contribution in [1.82, 2.24) is 9.21 Å². The van der Waals surface area contributed by atoms with Gasteiger partial charge in [-0.05, 0) is 44.6 Å². The Morgan fingerprint density at radius 2 is 1.95 bits per heavy atom. The van der Waals surface area contributed by atoms with Crippen LogP contribution in [0.15, 0.2) is 24.3 Å². The molecule has 0 unspecified atom stereocenters. The molecule has 2 atom stereocenters. The summed E-state index contributed by atoms with van der Waals surface area (Å²) in [6, 6.07) is 8.17. The van der Waals surface area contributed by atoms with Gasteiger partial charge in [0.2, 0.25) is 10.0 Å². The lowest BCUT2D eigenvalue weighted by atomic mass is 9.93. The summed E-state index contributed by atoms with van der Waals surface area (Å²) in [5, 5.41) is -0.139. The van der Waals surface area contributed by atoms with Gasteiger partial charge in [-0.3, -0.25) is 0 Å². The average Bonchev–Trinajstić information content (AvgIpc) is 3.26. The molecule has 2 aliphatic rings. The van der Waals surface area contributed by atoms with E-state index in [-0.39, 0.29) is 17.2 Å². The molecule has 0 N–H and O–H groups in total. The number of ether oxygens (including phenoxy) is 1. The Morgan fingerprint density at radius 3 is 2.55 bits per heavy atom. The Kier molecular flexibility index (Phi) is 4.18. The lowest BCUT2D eigenvalue weighted by Crippen LogP contribution is -2.36. The molecule has 1 heterocycles. The fraction of sp³-hybridized carbons (Fsp3) is 0.625. The highest BCUT2D eigenvalue weighted by molar-refractivity contribution is 7.90. The second kappa shape index (κ2) is 5.83. The van der Waals surface area contributed by atoms with Crippen molar-refractivity contribution in [3.8, 4) is 5.75 Å². The van der Waals surface area contributed by atoms with E-state index in [9.17, 15) is 8.42 Å². The summed E-state index contributed by atoms with van der Waals surface area (Å²) in [6.07, 6.45) is 1.63. The monoisotopic (exact) mass is 324 g/mol. The number of hydrogen-bond acceptors (Lipinski definition) is 4. The molecule has 0 radical (unpaired) electrons. The topological polar surface area (TPSA) is 49.9 Å². The van der Waals surface area contributed by atoms with E-state index in [1.165, 1.54) is 0 Å². The van der Waals surface area contributed by atoms with Crippen molar-refractivity contribution in [2.45, 2.75) is 30.1 Å². The number of likely N-dealkylation sites (N-methyl/N-ethyl adjacent to an activating group) is 1. The summed E-state index contributed by atoms with van der Waals surface area (Å²) in [6.45, 7) is 1.14. The maximum absolute atomic E-state index is 12.5. The highest BCUT2D eigenvalue weighted by Crippen LogP contribution is 2.38. The van der Waals surface area contributed by atoms with E-state index in [0.717, 1.165) is 24.2 Å². The van der Waals surface area contributed by atoms with Crippen LogP contribution in [0.4, 0.5) is 0 Å². The first-order chi connectivity index (χ1) is 10.4. The summed E-state index contributed by atoms with van der Waals surface area (Å²) >= 11 is 0. The van der Waals surface area contributed by atoms with Crippen LogP contribution in [0.1, 0.15) is 24.3 Å².